The second-order valence-electron chi connectivity index (χ2n) is 4.67. The van der Waals surface area contributed by atoms with Crippen LogP contribution in [0.15, 0.2) is 21.1 Å². The van der Waals surface area contributed by atoms with Crippen molar-refractivity contribution in [3.63, 3.8) is 0 Å². The van der Waals surface area contributed by atoms with Crippen molar-refractivity contribution >= 4 is 84.3 Å². The standard InChI is InChI=1S/C13H6Br2F6N2O2S.Na.H/c1-4-22-10(12(16,17)18)9(26-4)11(24)23-8-6(14)2-5(3-7(8)15)25-13(19,20)21;;/h2-3H,1H3,(H,23,24);;. The van der Waals surface area contributed by atoms with E-state index < -0.39 is 34.8 Å². The van der Waals surface area contributed by atoms with Crippen LogP contribution in [-0.4, -0.2) is 46.8 Å². The van der Waals surface area contributed by atoms with Crippen LogP contribution in [0.5, 0.6) is 5.75 Å². The molecule has 1 aromatic heterocycles. The van der Waals surface area contributed by atoms with E-state index in [2.05, 4.69) is 46.9 Å². The van der Waals surface area contributed by atoms with Crippen LogP contribution in [0.2, 0.25) is 0 Å². The van der Waals surface area contributed by atoms with Gasteiger partial charge in [0.2, 0.25) is 0 Å². The zero-order chi connectivity index (χ0) is 19.9. The number of nitrogens with zero attached hydrogens (tertiary/aromatic N) is 1. The van der Waals surface area contributed by atoms with Crippen LogP contribution < -0.4 is 10.1 Å². The first-order valence-electron chi connectivity index (χ1n) is 6.38. The topological polar surface area (TPSA) is 51.2 Å². The van der Waals surface area contributed by atoms with E-state index in [0.29, 0.717) is 11.3 Å². The molecule has 0 radical (unpaired) electrons. The number of anilines is 1. The van der Waals surface area contributed by atoms with Crippen LogP contribution in [0.3, 0.4) is 0 Å². The van der Waals surface area contributed by atoms with E-state index in [0.717, 1.165) is 12.1 Å². The third-order valence-electron chi connectivity index (χ3n) is 2.70. The van der Waals surface area contributed by atoms with Gasteiger partial charge < -0.3 is 10.1 Å². The second-order valence-corrected chi connectivity index (χ2v) is 7.58. The van der Waals surface area contributed by atoms with Crippen LogP contribution in [-0.2, 0) is 6.18 Å². The Morgan fingerprint density at radius 2 is 1.67 bits per heavy atom. The molecule has 2 rings (SSSR count). The Bertz CT molecular complexity index is 833. The molecule has 14 heteroatoms. The number of aryl methyl sites for hydroxylation is 1. The molecular weight excluding hydrogens is 545 g/mol. The minimum absolute atomic E-state index is 0. The summed E-state index contributed by atoms with van der Waals surface area (Å²) in [5, 5.41) is 2.25. The molecule has 0 unspecified atom stereocenters. The number of aromatic nitrogens is 1. The van der Waals surface area contributed by atoms with E-state index >= 15 is 0 Å². The molecule has 0 aliphatic rings. The summed E-state index contributed by atoms with van der Waals surface area (Å²) in [6, 6.07) is 1.83. The first kappa shape index (κ1) is 24.7. The van der Waals surface area contributed by atoms with Gasteiger partial charge in [-0.1, -0.05) is 0 Å². The number of thiazole rings is 1. The summed E-state index contributed by atoms with van der Waals surface area (Å²) < 4.78 is 79.3. The Labute approximate surface area is 191 Å². The van der Waals surface area contributed by atoms with Crippen LogP contribution in [0.25, 0.3) is 0 Å². The summed E-state index contributed by atoms with van der Waals surface area (Å²) in [7, 11) is 0. The predicted octanol–water partition coefficient (Wildman–Crippen LogP) is 5.50. The van der Waals surface area contributed by atoms with Gasteiger partial charge in [0.25, 0.3) is 5.91 Å². The fourth-order valence-electron chi connectivity index (χ4n) is 1.81. The van der Waals surface area contributed by atoms with Gasteiger partial charge in [-0.2, -0.15) is 13.2 Å². The van der Waals surface area contributed by atoms with Crippen molar-refractivity contribution in [3.05, 3.63) is 36.7 Å². The first-order valence-corrected chi connectivity index (χ1v) is 8.79. The van der Waals surface area contributed by atoms with Crippen molar-refractivity contribution in [1.29, 1.82) is 0 Å². The number of rotatable bonds is 3. The van der Waals surface area contributed by atoms with Gasteiger partial charge >= 0.3 is 42.1 Å². The molecule has 0 fully saturated rings. The third-order valence-corrected chi connectivity index (χ3v) is 4.92. The van der Waals surface area contributed by atoms with Crippen molar-refractivity contribution in [2.24, 2.45) is 0 Å². The first-order chi connectivity index (χ1) is 11.8. The van der Waals surface area contributed by atoms with Crippen LogP contribution >= 0.6 is 43.2 Å². The van der Waals surface area contributed by atoms with E-state index in [-0.39, 0.29) is 49.2 Å². The Balaban J connectivity index is 0.00000364. The summed E-state index contributed by atoms with van der Waals surface area (Å²) in [6.45, 7) is 1.31. The van der Waals surface area contributed by atoms with Crippen LogP contribution in [0, 0.1) is 6.92 Å². The molecule has 27 heavy (non-hydrogen) atoms. The van der Waals surface area contributed by atoms with Gasteiger partial charge in [0.15, 0.2) is 5.69 Å². The van der Waals surface area contributed by atoms with E-state index in [9.17, 15) is 31.1 Å². The molecule has 144 valence electrons. The number of carbonyl (C=O) groups is 1. The van der Waals surface area contributed by atoms with E-state index in [1.165, 1.54) is 6.92 Å². The molecule has 4 nitrogen and oxygen atoms in total. The Morgan fingerprint density at radius 3 is 2.11 bits per heavy atom. The molecular formula is C13H7Br2F6N2NaO2S. The molecule has 0 bridgehead atoms. The SMILES string of the molecule is Cc1nc(C(F)(F)F)c(C(=O)Nc2c(Br)cc(OC(F)(F)F)cc2Br)s1.[NaH]. The normalized spacial score (nSPS) is 11.7. The maximum absolute atomic E-state index is 13.0. The molecule has 0 aliphatic carbocycles. The molecule has 1 amide bonds. The van der Waals surface area contributed by atoms with Crippen LogP contribution in [0.4, 0.5) is 32.0 Å². The summed E-state index contributed by atoms with van der Waals surface area (Å²) >= 11 is 6.43. The fourth-order valence-corrected chi connectivity index (χ4v) is 3.98. The molecule has 0 saturated carbocycles. The molecule has 2 aromatic rings. The van der Waals surface area contributed by atoms with Gasteiger partial charge in [-0.25, -0.2) is 4.98 Å². The number of carbonyl (C=O) groups excluding carboxylic acids is 1. The molecule has 1 N–H and O–H groups in total. The van der Waals surface area contributed by atoms with E-state index in [1.54, 1.807) is 0 Å². The van der Waals surface area contributed by atoms with Gasteiger partial charge in [-0.15, -0.1) is 24.5 Å². The molecule has 0 spiro atoms. The van der Waals surface area contributed by atoms with Gasteiger partial charge in [0.05, 0.1) is 10.7 Å². The van der Waals surface area contributed by atoms with Crippen molar-refractivity contribution in [2.75, 3.05) is 5.32 Å². The average Bonchev–Trinajstić information content (AvgIpc) is 2.83. The summed E-state index contributed by atoms with van der Waals surface area (Å²) in [5.41, 5.74) is -1.40. The zero-order valence-corrected chi connectivity index (χ0v) is 16.3. The number of hydrogen-bond acceptors (Lipinski definition) is 4. The molecule has 1 aromatic carbocycles. The Morgan fingerprint density at radius 1 is 1.15 bits per heavy atom. The Hall–Kier alpha value is -0.340. The van der Waals surface area contributed by atoms with Crippen molar-refractivity contribution in [3.8, 4) is 5.75 Å². The average molecular weight is 552 g/mol. The van der Waals surface area contributed by atoms with Crippen molar-refractivity contribution in [1.82, 2.24) is 4.98 Å². The van der Waals surface area contributed by atoms with Gasteiger partial charge in [0, 0.05) is 8.95 Å². The summed E-state index contributed by atoms with van der Waals surface area (Å²) in [4.78, 5) is 14.9. The van der Waals surface area contributed by atoms with Gasteiger partial charge in [-0.3, -0.25) is 4.79 Å². The van der Waals surface area contributed by atoms with Crippen molar-refractivity contribution in [2.45, 2.75) is 19.5 Å². The quantitative estimate of drug-likeness (QED) is 0.405. The molecule has 0 aliphatic heterocycles. The number of nitrogens with one attached hydrogen (secondary N) is 1. The zero-order valence-electron chi connectivity index (χ0n) is 12.4. The third kappa shape index (κ3) is 6.60. The number of halogens is 8. The maximum atomic E-state index is 13.0. The molecule has 0 atom stereocenters. The van der Waals surface area contributed by atoms with Crippen LogP contribution in [0.1, 0.15) is 20.4 Å². The van der Waals surface area contributed by atoms with Crippen molar-refractivity contribution < 1.29 is 35.9 Å². The Kier molecular flexibility index (Phi) is 8.22. The number of benzene rings is 1. The van der Waals surface area contributed by atoms with Gasteiger partial charge in [0.1, 0.15) is 10.6 Å². The van der Waals surface area contributed by atoms with E-state index in [1.807, 2.05) is 0 Å². The second kappa shape index (κ2) is 8.99. The molecule has 1 heterocycles. The number of alkyl halides is 6. The van der Waals surface area contributed by atoms with Gasteiger partial charge in [-0.05, 0) is 50.9 Å². The summed E-state index contributed by atoms with van der Waals surface area (Å²) in [6.07, 6.45) is -9.75. The predicted molar refractivity (Wildman–Crippen MR) is 95.5 cm³/mol. The number of amides is 1. The number of ether oxygens (including phenoxy) is 1. The molecule has 0 saturated heterocycles. The number of hydrogen-bond donors (Lipinski definition) is 1. The monoisotopic (exact) mass is 550 g/mol. The minimum atomic E-state index is -4.93. The fraction of sp³-hybridized carbons (Fsp3) is 0.231. The van der Waals surface area contributed by atoms with E-state index in [4.69, 9.17) is 0 Å². The summed E-state index contributed by atoms with van der Waals surface area (Å²) in [5.74, 6) is -1.69.